The third kappa shape index (κ3) is 4.37. The van der Waals surface area contributed by atoms with Crippen LogP contribution >= 0.6 is 0 Å². The van der Waals surface area contributed by atoms with E-state index >= 15 is 0 Å². The molecule has 2 unspecified atom stereocenters. The molecule has 4 nitrogen and oxygen atoms in total. The minimum absolute atomic E-state index is 0.0187. The van der Waals surface area contributed by atoms with E-state index in [0.717, 1.165) is 6.54 Å². The molecule has 14 heavy (non-hydrogen) atoms. The monoisotopic (exact) mass is 204 g/mol. The molecule has 0 saturated heterocycles. The van der Waals surface area contributed by atoms with Gasteiger partial charge in [0.05, 0.1) is 13.2 Å². The average molecular weight is 204 g/mol. The maximum atomic E-state index is 9.25. The summed E-state index contributed by atoms with van der Waals surface area (Å²) >= 11 is 0. The lowest BCUT2D eigenvalue weighted by Gasteiger charge is -2.35. The van der Waals surface area contributed by atoms with Gasteiger partial charge in [0.2, 0.25) is 0 Å². The second-order valence-electron chi connectivity index (χ2n) is 3.93. The molecule has 0 heterocycles. The van der Waals surface area contributed by atoms with Crippen LogP contribution < -0.4 is 5.73 Å². The first-order valence-electron chi connectivity index (χ1n) is 5.15. The lowest BCUT2D eigenvalue weighted by atomic mass is 10.1. The van der Waals surface area contributed by atoms with Crippen LogP contribution in [0.25, 0.3) is 0 Å². The van der Waals surface area contributed by atoms with Crippen molar-refractivity contribution in [3.05, 3.63) is 0 Å². The van der Waals surface area contributed by atoms with E-state index < -0.39 is 0 Å². The van der Waals surface area contributed by atoms with Crippen LogP contribution in [0.5, 0.6) is 0 Å². The lowest BCUT2D eigenvalue weighted by molar-refractivity contribution is 0.0551. The molecule has 2 atom stereocenters. The molecular weight excluding hydrogens is 180 g/mol. The third-order valence-electron chi connectivity index (χ3n) is 2.44. The zero-order valence-electron chi connectivity index (χ0n) is 9.73. The predicted octanol–water partition coefficient (Wildman–Crippen LogP) is 0.0513. The van der Waals surface area contributed by atoms with Crippen molar-refractivity contribution in [1.29, 1.82) is 0 Å². The van der Waals surface area contributed by atoms with Gasteiger partial charge < -0.3 is 15.6 Å². The average Bonchev–Trinajstić information content (AvgIpc) is 2.10. The van der Waals surface area contributed by atoms with Crippen molar-refractivity contribution in [1.82, 2.24) is 4.90 Å². The Balaban J connectivity index is 4.28. The molecule has 0 bridgehead atoms. The number of hydrogen-bond donors (Lipinski definition) is 2. The van der Waals surface area contributed by atoms with Crippen molar-refractivity contribution in [2.45, 2.75) is 38.9 Å². The minimum Gasteiger partial charge on any atom is -0.395 e. The molecule has 86 valence electrons. The highest BCUT2D eigenvalue weighted by Crippen LogP contribution is 2.07. The molecule has 0 aromatic rings. The fraction of sp³-hybridized carbons (Fsp3) is 1.00. The fourth-order valence-corrected chi connectivity index (χ4v) is 1.58. The first-order valence-corrected chi connectivity index (χ1v) is 5.15. The molecule has 0 aliphatic carbocycles. The van der Waals surface area contributed by atoms with Crippen LogP contribution in [0.3, 0.4) is 0 Å². The Morgan fingerprint density at radius 3 is 2.21 bits per heavy atom. The smallest absolute Gasteiger partial charge is 0.0601 e. The van der Waals surface area contributed by atoms with Crippen LogP contribution in [0.2, 0.25) is 0 Å². The zero-order chi connectivity index (χ0) is 11.1. The van der Waals surface area contributed by atoms with Gasteiger partial charge in [0.1, 0.15) is 0 Å². The van der Waals surface area contributed by atoms with Gasteiger partial charge in [0.25, 0.3) is 0 Å². The third-order valence-corrected chi connectivity index (χ3v) is 2.44. The summed E-state index contributed by atoms with van der Waals surface area (Å²) in [5.41, 5.74) is 5.82. The number of methoxy groups -OCH3 is 1. The van der Waals surface area contributed by atoms with E-state index in [2.05, 4.69) is 18.7 Å². The SMILES string of the molecule is COCCN(C(C)C)C(CO)C(C)N. The first kappa shape index (κ1) is 13.8. The fourth-order valence-electron chi connectivity index (χ4n) is 1.58. The maximum Gasteiger partial charge on any atom is 0.0601 e. The van der Waals surface area contributed by atoms with Crippen molar-refractivity contribution in [3.8, 4) is 0 Å². The summed E-state index contributed by atoms with van der Waals surface area (Å²) in [7, 11) is 1.68. The summed E-state index contributed by atoms with van der Waals surface area (Å²) < 4.78 is 5.03. The summed E-state index contributed by atoms with van der Waals surface area (Å²) in [6, 6.07) is 0.359. The van der Waals surface area contributed by atoms with E-state index in [0.29, 0.717) is 12.6 Å². The highest BCUT2D eigenvalue weighted by molar-refractivity contribution is 4.80. The van der Waals surface area contributed by atoms with E-state index in [4.69, 9.17) is 10.5 Å². The van der Waals surface area contributed by atoms with E-state index in [9.17, 15) is 5.11 Å². The Bertz CT molecular complexity index is 140. The highest BCUT2D eigenvalue weighted by atomic mass is 16.5. The summed E-state index contributed by atoms with van der Waals surface area (Å²) in [5.74, 6) is 0. The van der Waals surface area contributed by atoms with Crippen molar-refractivity contribution in [3.63, 3.8) is 0 Å². The molecule has 3 N–H and O–H groups in total. The molecular formula is C10H24N2O2. The number of aliphatic hydroxyl groups excluding tert-OH is 1. The molecule has 0 spiro atoms. The van der Waals surface area contributed by atoms with Crippen molar-refractivity contribution >= 4 is 0 Å². The van der Waals surface area contributed by atoms with Crippen molar-refractivity contribution in [2.75, 3.05) is 26.9 Å². The summed E-state index contributed by atoms with van der Waals surface area (Å²) in [5, 5.41) is 9.25. The molecule has 0 radical (unpaired) electrons. The van der Waals surface area contributed by atoms with Gasteiger partial charge >= 0.3 is 0 Å². The quantitative estimate of drug-likeness (QED) is 0.615. The van der Waals surface area contributed by atoms with Gasteiger partial charge in [-0.05, 0) is 20.8 Å². The second kappa shape index (κ2) is 7.17. The highest BCUT2D eigenvalue weighted by Gasteiger charge is 2.23. The number of rotatable bonds is 7. The van der Waals surface area contributed by atoms with Gasteiger partial charge in [0, 0.05) is 31.8 Å². The Kier molecular flexibility index (Phi) is 7.09. The van der Waals surface area contributed by atoms with Crippen molar-refractivity contribution < 1.29 is 9.84 Å². The van der Waals surface area contributed by atoms with Crippen LogP contribution in [0.15, 0.2) is 0 Å². The molecule has 0 aliphatic heterocycles. The molecule has 0 aromatic heterocycles. The van der Waals surface area contributed by atoms with Gasteiger partial charge in [-0.2, -0.15) is 0 Å². The van der Waals surface area contributed by atoms with Gasteiger partial charge in [0.15, 0.2) is 0 Å². The maximum absolute atomic E-state index is 9.25. The number of hydrogen-bond acceptors (Lipinski definition) is 4. The summed E-state index contributed by atoms with van der Waals surface area (Å²) in [6.45, 7) is 7.69. The topological polar surface area (TPSA) is 58.7 Å². The normalized spacial score (nSPS) is 16.3. The molecule has 0 amide bonds. The van der Waals surface area contributed by atoms with Crippen LogP contribution in [-0.4, -0.2) is 55.0 Å². The van der Waals surface area contributed by atoms with E-state index in [1.807, 2.05) is 6.92 Å². The van der Waals surface area contributed by atoms with Crippen LogP contribution in [-0.2, 0) is 4.74 Å². The first-order chi connectivity index (χ1) is 6.54. The summed E-state index contributed by atoms with van der Waals surface area (Å²) in [4.78, 5) is 2.17. The lowest BCUT2D eigenvalue weighted by Crippen LogP contribution is -2.52. The predicted molar refractivity (Wildman–Crippen MR) is 58.2 cm³/mol. The molecule has 0 aliphatic rings. The van der Waals surface area contributed by atoms with Crippen molar-refractivity contribution in [2.24, 2.45) is 5.73 Å². The molecule has 0 aromatic carbocycles. The van der Waals surface area contributed by atoms with Gasteiger partial charge in [-0.3, -0.25) is 4.90 Å². The molecule has 0 rings (SSSR count). The van der Waals surface area contributed by atoms with E-state index in [1.165, 1.54) is 0 Å². The number of nitrogens with zero attached hydrogens (tertiary/aromatic N) is 1. The van der Waals surface area contributed by atoms with Crippen LogP contribution in [0, 0.1) is 0 Å². The Morgan fingerprint density at radius 1 is 1.36 bits per heavy atom. The van der Waals surface area contributed by atoms with Gasteiger partial charge in [-0.15, -0.1) is 0 Å². The number of ether oxygens (including phenoxy) is 1. The summed E-state index contributed by atoms with van der Waals surface area (Å²) in [6.07, 6.45) is 0. The second-order valence-corrected chi connectivity index (χ2v) is 3.93. The number of aliphatic hydroxyl groups is 1. The van der Waals surface area contributed by atoms with Crippen LogP contribution in [0.4, 0.5) is 0 Å². The Morgan fingerprint density at radius 2 is 1.93 bits per heavy atom. The number of nitrogens with two attached hydrogens (primary N) is 1. The Labute approximate surface area is 87.0 Å². The van der Waals surface area contributed by atoms with Crippen LogP contribution in [0.1, 0.15) is 20.8 Å². The van der Waals surface area contributed by atoms with E-state index in [1.54, 1.807) is 7.11 Å². The molecule has 0 fully saturated rings. The Hall–Kier alpha value is -0.160. The standard InChI is InChI=1S/C10H24N2O2/c1-8(2)12(5-6-14-4)10(7-13)9(3)11/h8-10,13H,5-7,11H2,1-4H3. The molecule has 0 saturated carbocycles. The minimum atomic E-state index is -0.0285. The molecule has 4 heteroatoms. The van der Waals surface area contributed by atoms with E-state index in [-0.39, 0.29) is 18.7 Å². The zero-order valence-corrected chi connectivity index (χ0v) is 9.73. The van der Waals surface area contributed by atoms with Gasteiger partial charge in [-0.1, -0.05) is 0 Å². The van der Waals surface area contributed by atoms with Gasteiger partial charge in [-0.25, -0.2) is 0 Å². The largest absolute Gasteiger partial charge is 0.395 e.